The Bertz CT molecular complexity index is 777. The van der Waals surface area contributed by atoms with Crippen LogP contribution in [-0.4, -0.2) is 40.1 Å². The van der Waals surface area contributed by atoms with Gasteiger partial charge in [0.1, 0.15) is 10.5 Å². The minimum atomic E-state index is 0.164. The molecule has 8 nitrogen and oxygen atoms in total. The van der Waals surface area contributed by atoms with Gasteiger partial charge in [-0.3, -0.25) is 0 Å². The smallest absolute Gasteiger partial charge is 0.225 e. The summed E-state index contributed by atoms with van der Waals surface area (Å²) in [4.78, 5) is 15.4. The van der Waals surface area contributed by atoms with Crippen LogP contribution >= 0.6 is 23.4 Å². The molecule has 10 heteroatoms. The molecule has 3 aromatic heterocycles. The number of fused-ring (bicyclic) bond motifs is 1. The van der Waals surface area contributed by atoms with Crippen molar-refractivity contribution < 1.29 is 0 Å². The van der Waals surface area contributed by atoms with Crippen molar-refractivity contribution in [2.45, 2.75) is 41.9 Å². The summed E-state index contributed by atoms with van der Waals surface area (Å²) in [6, 6.07) is 0.372. The Morgan fingerprint density at radius 3 is 3.00 bits per heavy atom. The topological polar surface area (TPSA) is 98.1 Å². The van der Waals surface area contributed by atoms with Gasteiger partial charge in [0.25, 0.3) is 0 Å². The SMILES string of the molecule is Clc1nc(Sc2nnnn2C2CCCC2)c2[nH]cnc2n1. The van der Waals surface area contributed by atoms with Crippen molar-refractivity contribution in [2.24, 2.45) is 0 Å². The van der Waals surface area contributed by atoms with E-state index >= 15 is 0 Å². The molecule has 21 heavy (non-hydrogen) atoms. The molecule has 1 N–H and O–H groups in total. The fourth-order valence-corrected chi connectivity index (χ4v) is 3.70. The summed E-state index contributed by atoms with van der Waals surface area (Å²) in [5, 5.41) is 13.6. The van der Waals surface area contributed by atoms with Crippen molar-refractivity contribution in [1.82, 2.24) is 40.1 Å². The molecule has 1 saturated carbocycles. The number of rotatable bonds is 3. The van der Waals surface area contributed by atoms with Crippen LogP contribution in [0.4, 0.5) is 0 Å². The summed E-state index contributed by atoms with van der Waals surface area (Å²) < 4.78 is 1.88. The fourth-order valence-electron chi connectivity index (χ4n) is 2.57. The maximum atomic E-state index is 5.94. The molecule has 3 aromatic rings. The van der Waals surface area contributed by atoms with Crippen LogP contribution in [0.3, 0.4) is 0 Å². The maximum absolute atomic E-state index is 5.94. The van der Waals surface area contributed by atoms with Gasteiger partial charge in [0.05, 0.1) is 12.4 Å². The lowest BCUT2D eigenvalue weighted by Crippen LogP contribution is -2.08. The van der Waals surface area contributed by atoms with Crippen LogP contribution in [0.1, 0.15) is 31.7 Å². The van der Waals surface area contributed by atoms with Crippen LogP contribution in [0.5, 0.6) is 0 Å². The number of hydrogen-bond donors (Lipinski definition) is 1. The highest BCUT2D eigenvalue weighted by Gasteiger charge is 2.23. The van der Waals surface area contributed by atoms with Gasteiger partial charge in [-0.15, -0.1) is 5.10 Å². The van der Waals surface area contributed by atoms with Gasteiger partial charge >= 0.3 is 0 Å². The molecule has 1 aliphatic rings. The van der Waals surface area contributed by atoms with Crippen LogP contribution in [0.2, 0.25) is 5.28 Å². The van der Waals surface area contributed by atoms with Crippen LogP contribution in [0.15, 0.2) is 16.5 Å². The number of imidazole rings is 1. The second-order valence-corrected chi connectivity index (χ2v) is 6.14. The third kappa shape index (κ3) is 2.36. The molecule has 0 unspecified atom stereocenters. The van der Waals surface area contributed by atoms with E-state index in [1.54, 1.807) is 6.33 Å². The predicted octanol–water partition coefficient (Wildman–Crippen LogP) is 2.26. The van der Waals surface area contributed by atoms with Gasteiger partial charge in [0, 0.05) is 0 Å². The lowest BCUT2D eigenvalue weighted by Gasteiger charge is -2.10. The maximum Gasteiger partial charge on any atom is 0.225 e. The van der Waals surface area contributed by atoms with Crippen molar-refractivity contribution in [3.63, 3.8) is 0 Å². The average molecular weight is 323 g/mol. The first-order chi connectivity index (χ1) is 10.3. The van der Waals surface area contributed by atoms with E-state index in [-0.39, 0.29) is 5.28 Å². The van der Waals surface area contributed by atoms with Crippen LogP contribution < -0.4 is 0 Å². The monoisotopic (exact) mass is 322 g/mol. The molecule has 0 aromatic carbocycles. The summed E-state index contributed by atoms with van der Waals surface area (Å²) in [5.74, 6) is 0. The summed E-state index contributed by atoms with van der Waals surface area (Å²) in [6.45, 7) is 0. The third-order valence-corrected chi connectivity index (χ3v) is 4.66. The summed E-state index contributed by atoms with van der Waals surface area (Å²) in [7, 11) is 0. The number of nitrogens with zero attached hydrogens (tertiary/aromatic N) is 7. The number of aromatic nitrogens is 8. The zero-order valence-corrected chi connectivity index (χ0v) is 12.5. The third-order valence-electron chi connectivity index (χ3n) is 3.55. The van der Waals surface area contributed by atoms with Crippen molar-refractivity contribution in [3.05, 3.63) is 11.6 Å². The van der Waals surface area contributed by atoms with E-state index in [2.05, 4.69) is 35.5 Å². The quantitative estimate of drug-likeness (QED) is 0.583. The molecule has 0 aliphatic heterocycles. The first-order valence-corrected chi connectivity index (χ1v) is 7.83. The predicted molar refractivity (Wildman–Crippen MR) is 76.1 cm³/mol. The lowest BCUT2D eigenvalue weighted by molar-refractivity contribution is 0.423. The highest BCUT2D eigenvalue weighted by molar-refractivity contribution is 7.99. The minimum absolute atomic E-state index is 0.164. The first-order valence-electron chi connectivity index (χ1n) is 6.63. The Kier molecular flexibility index (Phi) is 3.23. The molecule has 0 radical (unpaired) electrons. The van der Waals surface area contributed by atoms with Gasteiger partial charge in [-0.05, 0) is 46.6 Å². The molecule has 0 atom stereocenters. The number of nitrogens with one attached hydrogen (secondary N) is 1. The number of hydrogen-bond acceptors (Lipinski definition) is 7. The number of aromatic amines is 1. The van der Waals surface area contributed by atoms with Crippen molar-refractivity contribution in [2.75, 3.05) is 0 Å². The Morgan fingerprint density at radius 1 is 1.29 bits per heavy atom. The van der Waals surface area contributed by atoms with Gasteiger partial charge in [-0.25, -0.2) is 14.6 Å². The Balaban J connectivity index is 1.72. The first kappa shape index (κ1) is 13.0. The zero-order valence-electron chi connectivity index (χ0n) is 10.9. The highest BCUT2D eigenvalue weighted by Crippen LogP contribution is 2.34. The van der Waals surface area contributed by atoms with Crippen molar-refractivity contribution in [1.29, 1.82) is 0 Å². The average Bonchev–Trinajstić information content (AvgIpc) is 3.18. The summed E-state index contributed by atoms with van der Waals surface area (Å²) in [6.07, 6.45) is 6.24. The second-order valence-electron chi connectivity index (χ2n) is 4.85. The summed E-state index contributed by atoms with van der Waals surface area (Å²) in [5.41, 5.74) is 1.28. The lowest BCUT2D eigenvalue weighted by atomic mass is 10.3. The van der Waals surface area contributed by atoms with E-state index in [1.807, 2.05) is 4.68 Å². The molecular weight excluding hydrogens is 312 g/mol. The molecule has 0 amide bonds. The standard InChI is InChI=1S/C11H11ClN8S/c12-10-15-8-7(13-5-14-8)9(16-10)21-11-17-18-19-20(11)6-3-1-2-4-6/h5-6H,1-4H2,(H,13,14,15,16). The zero-order chi connectivity index (χ0) is 14.2. The van der Waals surface area contributed by atoms with Crippen molar-refractivity contribution >= 4 is 34.5 Å². The highest BCUT2D eigenvalue weighted by atomic mass is 35.5. The molecule has 4 rings (SSSR count). The van der Waals surface area contributed by atoms with Gasteiger partial charge in [0.2, 0.25) is 10.4 Å². The number of tetrazole rings is 1. The van der Waals surface area contributed by atoms with Gasteiger partial charge in [-0.1, -0.05) is 12.8 Å². The summed E-state index contributed by atoms with van der Waals surface area (Å²) >= 11 is 7.32. The van der Waals surface area contributed by atoms with E-state index in [0.29, 0.717) is 21.9 Å². The number of halogens is 1. The van der Waals surface area contributed by atoms with E-state index in [4.69, 9.17) is 11.6 Å². The molecule has 108 valence electrons. The molecule has 0 bridgehead atoms. The van der Waals surface area contributed by atoms with Gasteiger partial charge in [0.15, 0.2) is 5.65 Å². The van der Waals surface area contributed by atoms with E-state index in [9.17, 15) is 0 Å². The van der Waals surface area contributed by atoms with E-state index in [1.165, 1.54) is 24.6 Å². The van der Waals surface area contributed by atoms with Crippen LogP contribution in [0.25, 0.3) is 11.2 Å². The molecule has 0 spiro atoms. The van der Waals surface area contributed by atoms with Crippen molar-refractivity contribution in [3.8, 4) is 0 Å². The Labute approximate surface area is 128 Å². The fraction of sp³-hybridized carbons (Fsp3) is 0.455. The molecule has 1 aliphatic carbocycles. The van der Waals surface area contributed by atoms with Crippen LogP contribution in [0, 0.1) is 0 Å². The molecule has 1 fully saturated rings. The normalized spacial score (nSPS) is 16.0. The number of H-pyrrole nitrogens is 1. The van der Waals surface area contributed by atoms with Gasteiger partial charge in [-0.2, -0.15) is 4.98 Å². The Morgan fingerprint density at radius 2 is 2.14 bits per heavy atom. The largest absolute Gasteiger partial charge is 0.341 e. The Hall–Kier alpha value is -1.74. The molecular formula is C11H11ClN8S. The molecule has 0 saturated heterocycles. The van der Waals surface area contributed by atoms with E-state index in [0.717, 1.165) is 18.4 Å². The van der Waals surface area contributed by atoms with Gasteiger partial charge < -0.3 is 4.98 Å². The van der Waals surface area contributed by atoms with E-state index < -0.39 is 0 Å². The second kappa shape index (κ2) is 5.23. The minimum Gasteiger partial charge on any atom is -0.341 e. The van der Waals surface area contributed by atoms with Crippen LogP contribution in [-0.2, 0) is 0 Å². The molecule has 3 heterocycles.